The van der Waals surface area contributed by atoms with Crippen LogP contribution in [-0.4, -0.2) is 19.0 Å². The lowest BCUT2D eigenvalue weighted by Gasteiger charge is -2.21. The second kappa shape index (κ2) is 6.46. The summed E-state index contributed by atoms with van der Waals surface area (Å²) in [5.74, 6) is 0.149. The molecule has 0 bridgehead atoms. The van der Waals surface area contributed by atoms with E-state index in [1.54, 1.807) is 0 Å². The van der Waals surface area contributed by atoms with Crippen molar-refractivity contribution in [1.82, 2.24) is 10.6 Å². The summed E-state index contributed by atoms with van der Waals surface area (Å²) in [6, 6.07) is 14.5. The maximum atomic E-state index is 12.3. The molecule has 0 aromatic heterocycles. The van der Waals surface area contributed by atoms with E-state index in [0.717, 1.165) is 19.5 Å². The van der Waals surface area contributed by atoms with Crippen LogP contribution in [0, 0.1) is 5.41 Å². The second-order valence-corrected chi connectivity index (χ2v) is 5.81. The monoisotopic (exact) mass is 304 g/mol. The van der Waals surface area contributed by atoms with E-state index in [-0.39, 0.29) is 23.7 Å². The van der Waals surface area contributed by atoms with Gasteiger partial charge in [-0.05, 0) is 36.2 Å². The van der Waals surface area contributed by atoms with Crippen molar-refractivity contribution in [3.05, 3.63) is 48.0 Å². The highest BCUT2D eigenvalue weighted by Gasteiger charge is 2.35. The van der Waals surface area contributed by atoms with Crippen molar-refractivity contribution in [3.63, 3.8) is 0 Å². The van der Waals surface area contributed by atoms with Crippen LogP contribution in [0.4, 0.5) is 0 Å². The van der Waals surface area contributed by atoms with Gasteiger partial charge in [0, 0.05) is 13.1 Å². The molecule has 1 unspecified atom stereocenters. The van der Waals surface area contributed by atoms with E-state index in [9.17, 15) is 4.79 Å². The summed E-state index contributed by atoms with van der Waals surface area (Å²) in [4.78, 5) is 12.3. The van der Waals surface area contributed by atoms with Crippen molar-refractivity contribution in [1.29, 1.82) is 0 Å². The quantitative estimate of drug-likeness (QED) is 0.915. The lowest BCUT2D eigenvalue weighted by atomic mass is 9.88. The van der Waals surface area contributed by atoms with Crippen molar-refractivity contribution >= 4 is 29.1 Å². The van der Waals surface area contributed by atoms with Crippen LogP contribution >= 0.6 is 12.4 Å². The predicted octanol–water partition coefficient (Wildman–Crippen LogP) is 2.88. The Labute approximate surface area is 131 Å². The zero-order valence-corrected chi connectivity index (χ0v) is 13.0. The lowest BCUT2D eigenvalue weighted by molar-refractivity contribution is -0.129. The zero-order valence-electron chi connectivity index (χ0n) is 12.2. The molecule has 2 aromatic rings. The van der Waals surface area contributed by atoms with E-state index in [1.165, 1.54) is 16.3 Å². The van der Waals surface area contributed by atoms with E-state index in [0.29, 0.717) is 6.54 Å². The number of nitrogens with one attached hydrogen (secondary N) is 2. The molecule has 112 valence electrons. The number of hydrogen-bond acceptors (Lipinski definition) is 2. The summed E-state index contributed by atoms with van der Waals surface area (Å²) in [5.41, 5.74) is 0.913. The van der Waals surface area contributed by atoms with Crippen molar-refractivity contribution in [2.24, 2.45) is 5.41 Å². The molecule has 0 radical (unpaired) electrons. The molecule has 0 saturated carbocycles. The molecule has 1 fully saturated rings. The summed E-state index contributed by atoms with van der Waals surface area (Å²) in [7, 11) is 0. The van der Waals surface area contributed by atoms with Crippen molar-refractivity contribution in [3.8, 4) is 0 Å². The third-order valence-electron chi connectivity index (χ3n) is 4.24. The minimum atomic E-state index is -0.259. The van der Waals surface area contributed by atoms with Gasteiger partial charge in [0.1, 0.15) is 0 Å². The number of benzene rings is 2. The standard InChI is InChI=1S/C17H20N2O.ClH/c1-17(9-10-18-12-17)16(20)19-11-14-7-4-6-13-5-2-3-8-15(13)14;/h2-8,18H,9-12H2,1H3,(H,19,20);1H. The van der Waals surface area contributed by atoms with E-state index >= 15 is 0 Å². The molecule has 1 aliphatic heterocycles. The fraction of sp³-hybridized carbons (Fsp3) is 0.353. The van der Waals surface area contributed by atoms with Gasteiger partial charge >= 0.3 is 0 Å². The highest BCUT2D eigenvalue weighted by Crippen LogP contribution is 2.25. The first-order valence-corrected chi connectivity index (χ1v) is 7.15. The van der Waals surface area contributed by atoms with Crippen molar-refractivity contribution < 1.29 is 4.79 Å². The molecule has 1 amide bonds. The van der Waals surface area contributed by atoms with E-state index in [4.69, 9.17) is 0 Å². The number of hydrogen-bond donors (Lipinski definition) is 2. The van der Waals surface area contributed by atoms with Crippen LogP contribution < -0.4 is 10.6 Å². The van der Waals surface area contributed by atoms with Gasteiger partial charge in [0.15, 0.2) is 0 Å². The van der Waals surface area contributed by atoms with Gasteiger partial charge in [-0.1, -0.05) is 42.5 Å². The summed E-state index contributed by atoms with van der Waals surface area (Å²) in [5, 5.41) is 8.78. The first-order valence-electron chi connectivity index (χ1n) is 7.15. The highest BCUT2D eigenvalue weighted by molar-refractivity contribution is 5.87. The second-order valence-electron chi connectivity index (χ2n) is 5.81. The molecule has 1 saturated heterocycles. The average Bonchev–Trinajstić information content (AvgIpc) is 2.93. The normalized spacial score (nSPS) is 21.0. The molecule has 3 nitrogen and oxygen atoms in total. The number of carbonyl (C=O) groups is 1. The highest BCUT2D eigenvalue weighted by atomic mass is 35.5. The van der Waals surface area contributed by atoms with Crippen LogP contribution in [-0.2, 0) is 11.3 Å². The number of amides is 1. The maximum Gasteiger partial charge on any atom is 0.227 e. The molecular weight excluding hydrogens is 284 g/mol. The van der Waals surface area contributed by atoms with Crippen LogP contribution in [0.15, 0.2) is 42.5 Å². The van der Waals surface area contributed by atoms with Gasteiger partial charge in [0.2, 0.25) is 5.91 Å². The summed E-state index contributed by atoms with van der Waals surface area (Å²) in [6.45, 7) is 4.33. The van der Waals surface area contributed by atoms with Crippen LogP contribution in [0.2, 0.25) is 0 Å². The van der Waals surface area contributed by atoms with Gasteiger partial charge in [-0.2, -0.15) is 0 Å². The summed E-state index contributed by atoms with van der Waals surface area (Å²) < 4.78 is 0. The average molecular weight is 305 g/mol. The smallest absolute Gasteiger partial charge is 0.227 e. The SMILES string of the molecule is CC1(C(=O)NCc2cccc3ccccc23)CCNC1.Cl. The molecule has 1 aliphatic rings. The Balaban J connectivity index is 0.00000161. The van der Waals surface area contributed by atoms with E-state index < -0.39 is 0 Å². The molecule has 21 heavy (non-hydrogen) atoms. The maximum absolute atomic E-state index is 12.3. The minimum Gasteiger partial charge on any atom is -0.351 e. The van der Waals surface area contributed by atoms with Crippen molar-refractivity contribution in [2.45, 2.75) is 19.9 Å². The van der Waals surface area contributed by atoms with Gasteiger partial charge < -0.3 is 10.6 Å². The van der Waals surface area contributed by atoms with E-state index in [1.807, 2.05) is 25.1 Å². The van der Waals surface area contributed by atoms with Gasteiger partial charge in [-0.25, -0.2) is 0 Å². The Morgan fingerprint density at radius 3 is 2.76 bits per heavy atom. The van der Waals surface area contributed by atoms with Crippen molar-refractivity contribution in [2.75, 3.05) is 13.1 Å². The largest absolute Gasteiger partial charge is 0.351 e. The molecule has 4 heteroatoms. The number of rotatable bonds is 3. The van der Waals surface area contributed by atoms with E-state index in [2.05, 4.69) is 34.9 Å². The number of halogens is 1. The third kappa shape index (κ3) is 3.20. The van der Waals surface area contributed by atoms with Gasteiger partial charge in [-0.15, -0.1) is 12.4 Å². The topological polar surface area (TPSA) is 41.1 Å². The van der Waals surface area contributed by atoms with Crippen LogP contribution in [0.3, 0.4) is 0 Å². The Kier molecular flexibility index (Phi) is 4.86. The molecular formula is C17H21ClN2O. The van der Waals surface area contributed by atoms with Crippen LogP contribution in [0.25, 0.3) is 10.8 Å². The first kappa shape index (κ1) is 15.8. The molecule has 0 spiro atoms. The molecule has 2 aromatic carbocycles. The molecule has 1 atom stereocenters. The summed E-state index contributed by atoms with van der Waals surface area (Å²) >= 11 is 0. The molecule has 3 rings (SSSR count). The number of fused-ring (bicyclic) bond motifs is 1. The lowest BCUT2D eigenvalue weighted by Crippen LogP contribution is -2.40. The van der Waals surface area contributed by atoms with Gasteiger partial charge in [0.25, 0.3) is 0 Å². The fourth-order valence-electron chi connectivity index (χ4n) is 2.85. The Hall–Kier alpha value is -1.58. The summed E-state index contributed by atoms with van der Waals surface area (Å²) in [6.07, 6.45) is 0.911. The van der Waals surface area contributed by atoms with Gasteiger partial charge in [-0.3, -0.25) is 4.79 Å². The minimum absolute atomic E-state index is 0. The van der Waals surface area contributed by atoms with Crippen LogP contribution in [0.5, 0.6) is 0 Å². The molecule has 0 aliphatic carbocycles. The number of carbonyl (C=O) groups excluding carboxylic acids is 1. The predicted molar refractivity (Wildman–Crippen MR) is 88.6 cm³/mol. The first-order chi connectivity index (χ1) is 9.69. The molecule has 2 N–H and O–H groups in total. The van der Waals surface area contributed by atoms with Gasteiger partial charge in [0.05, 0.1) is 5.41 Å². The zero-order chi connectivity index (χ0) is 14.0. The molecule has 1 heterocycles. The Bertz CT molecular complexity index is 630. The fourth-order valence-corrected chi connectivity index (χ4v) is 2.85. The van der Waals surface area contributed by atoms with Crippen LogP contribution in [0.1, 0.15) is 18.9 Å². The Morgan fingerprint density at radius 2 is 2.00 bits per heavy atom. The third-order valence-corrected chi connectivity index (χ3v) is 4.24. The Morgan fingerprint density at radius 1 is 1.24 bits per heavy atom.